The Morgan fingerprint density at radius 1 is 1.29 bits per heavy atom. The van der Waals surface area contributed by atoms with Gasteiger partial charge in [-0.15, -0.1) is 0 Å². The van der Waals surface area contributed by atoms with Crippen LogP contribution in [0.3, 0.4) is 0 Å². The van der Waals surface area contributed by atoms with E-state index in [1.54, 1.807) is 0 Å². The number of Topliss-reactive ketones (excluding diaryl/α,β-unsaturated/α-hetero) is 1. The zero-order valence-corrected chi connectivity index (χ0v) is 20.4. The van der Waals surface area contributed by atoms with E-state index < -0.39 is 36.3 Å². The lowest BCUT2D eigenvalue weighted by Gasteiger charge is -2.31. The molecule has 0 amide bonds. The molecule has 1 saturated heterocycles. The van der Waals surface area contributed by atoms with E-state index in [9.17, 15) is 14.7 Å². The summed E-state index contributed by atoms with van der Waals surface area (Å²) in [7, 11) is 1.34. The number of methoxy groups -OCH3 is 1. The standard InChI is InChI=1S/C26H40F2O6/c1-3-4-12-23(34-25-14-9-10-17-33-25)26(27,28)16-15-20-19(21(29)18-22(20)30)11-7-5-6-8-13-24(31)32-2/h5,7,15-16,19-21,23,25,29H,3-4,6,8-14,17-18H2,1-2H3/b7-5-,16-15+/t19-,20-,21+,23?,25?/m1/s1. The van der Waals surface area contributed by atoms with Crippen molar-refractivity contribution in [1.82, 2.24) is 0 Å². The summed E-state index contributed by atoms with van der Waals surface area (Å²) in [6.45, 7) is 2.45. The van der Waals surface area contributed by atoms with Crippen molar-refractivity contribution < 1.29 is 37.7 Å². The van der Waals surface area contributed by atoms with Gasteiger partial charge < -0.3 is 19.3 Å². The number of carbonyl (C=O) groups is 2. The summed E-state index contributed by atoms with van der Waals surface area (Å²) < 4.78 is 46.1. The molecule has 194 valence electrons. The van der Waals surface area contributed by atoms with E-state index in [1.807, 2.05) is 19.1 Å². The third kappa shape index (κ3) is 9.19. The molecule has 1 heterocycles. The smallest absolute Gasteiger partial charge is 0.305 e. The zero-order valence-electron chi connectivity index (χ0n) is 20.4. The Morgan fingerprint density at radius 3 is 2.76 bits per heavy atom. The summed E-state index contributed by atoms with van der Waals surface area (Å²) in [6, 6.07) is 0. The molecule has 0 aromatic heterocycles. The molecule has 1 saturated carbocycles. The number of aliphatic hydroxyl groups is 1. The SMILES string of the molecule is CCCCC(OC1CCCCO1)C(F)(F)/C=C/[C@H]1C(=O)C[C@H](O)[C@@H]1C/C=C\CCCC(=O)OC. The van der Waals surface area contributed by atoms with Gasteiger partial charge in [0, 0.05) is 31.3 Å². The van der Waals surface area contributed by atoms with Gasteiger partial charge in [-0.25, -0.2) is 0 Å². The van der Waals surface area contributed by atoms with Crippen molar-refractivity contribution in [3.05, 3.63) is 24.3 Å². The van der Waals surface area contributed by atoms with Crippen LogP contribution in [-0.2, 0) is 23.8 Å². The van der Waals surface area contributed by atoms with Gasteiger partial charge in [-0.1, -0.05) is 38.0 Å². The number of aliphatic hydroxyl groups excluding tert-OH is 1. The van der Waals surface area contributed by atoms with Crippen LogP contribution in [0, 0.1) is 11.8 Å². The van der Waals surface area contributed by atoms with Crippen molar-refractivity contribution in [2.24, 2.45) is 11.8 Å². The van der Waals surface area contributed by atoms with Crippen molar-refractivity contribution in [1.29, 1.82) is 0 Å². The lowest BCUT2D eigenvalue weighted by Crippen LogP contribution is -2.39. The highest BCUT2D eigenvalue weighted by molar-refractivity contribution is 5.86. The van der Waals surface area contributed by atoms with E-state index in [4.69, 9.17) is 9.47 Å². The third-order valence-corrected chi connectivity index (χ3v) is 6.52. The van der Waals surface area contributed by atoms with E-state index >= 15 is 8.78 Å². The van der Waals surface area contributed by atoms with Gasteiger partial charge >= 0.3 is 5.97 Å². The van der Waals surface area contributed by atoms with E-state index in [-0.39, 0.29) is 24.6 Å². The maximum atomic E-state index is 15.2. The highest BCUT2D eigenvalue weighted by Crippen LogP contribution is 2.36. The maximum absolute atomic E-state index is 15.2. The number of hydrogen-bond donors (Lipinski definition) is 1. The van der Waals surface area contributed by atoms with Crippen LogP contribution in [0.4, 0.5) is 8.78 Å². The van der Waals surface area contributed by atoms with Crippen molar-refractivity contribution >= 4 is 11.8 Å². The Bertz CT molecular complexity index is 687. The summed E-state index contributed by atoms with van der Waals surface area (Å²) >= 11 is 0. The first-order valence-electron chi connectivity index (χ1n) is 12.5. The van der Waals surface area contributed by atoms with Crippen molar-refractivity contribution in [3.8, 4) is 0 Å². The van der Waals surface area contributed by atoms with Gasteiger partial charge in [0.2, 0.25) is 0 Å². The van der Waals surface area contributed by atoms with Crippen LogP contribution in [-0.4, -0.2) is 55.0 Å². The van der Waals surface area contributed by atoms with Crippen LogP contribution in [0.25, 0.3) is 0 Å². The third-order valence-electron chi connectivity index (χ3n) is 6.52. The van der Waals surface area contributed by atoms with Crippen molar-refractivity contribution in [2.75, 3.05) is 13.7 Å². The molecule has 2 rings (SSSR count). The van der Waals surface area contributed by atoms with Crippen LogP contribution in [0.2, 0.25) is 0 Å². The molecule has 0 aromatic rings. The molecule has 5 atom stereocenters. The number of hydrogen-bond acceptors (Lipinski definition) is 6. The minimum atomic E-state index is -3.25. The first-order valence-corrected chi connectivity index (χ1v) is 12.5. The second kappa shape index (κ2) is 14.7. The van der Waals surface area contributed by atoms with Crippen LogP contribution in [0.5, 0.6) is 0 Å². The Kier molecular flexibility index (Phi) is 12.4. The number of ketones is 1. The molecular formula is C26H40F2O6. The molecule has 34 heavy (non-hydrogen) atoms. The number of rotatable bonds is 14. The fourth-order valence-corrected chi connectivity index (χ4v) is 4.44. The summed E-state index contributed by atoms with van der Waals surface area (Å²) in [4.78, 5) is 23.6. The van der Waals surface area contributed by atoms with Crippen LogP contribution in [0.1, 0.15) is 77.6 Å². The minimum absolute atomic E-state index is 0.0346. The molecule has 1 aliphatic carbocycles. The molecule has 6 nitrogen and oxygen atoms in total. The van der Waals surface area contributed by atoms with E-state index in [0.29, 0.717) is 45.1 Å². The number of alkyl halides is 2. The fourth-order valence-electron chi connectivity index (χ4n) is 4.44. The maximum Gasteiger partial charge on any atom is 0.305 e. The zero-order chi connectivity index (χ0) is 25.0. The van der Waals surface area contributed by atoms with Crippen molar-refractivity contribution in [2.45, 2.75) is 102 Å². The molecule has 0 bridgehead atoms. The number of allylic oxidation sites excluding steroid dienone is 3. The summed E-state index contributed by atoms with van der Waals surface area (Å²) in [5.41, 5.74) is 0. The summed E-state index contributed by atoms with van der Waals surface area (Å²) in [5.74, 6) is -4.97. The van der Waals surface area contributed by atoms with E-state index in [1.165, 1.54) is 13.2 Å². The number of halogens is 2. The lowest BCUT2D eigenvalue weighted by molar-refractivity contribution is -0.229. The number of ether oxygens (including phenoxy) is 3. The van der Waals surface area contributed by atoms with Gasteiger partial charge in [0.15, 0.2) is 6.29 Å². The summed E-state index contributed by atoms with van der Waals surface area (Å²) in [6.07, 6.45) is 8.92. The predicted octanol–water partition coefficient (Wildman–Crippen LogP) is 5.14. The van der Waals surface area contributed by atoms with Gasteiger partial charge in [-0.2, -0.15) is 8.78 Å². The van der Waals surface area contributed by atoms with Crippen LogP contribution < -0.4 is 0 Å². The Labute approximate surface area is 201 Å². The molecule has 0 radical (unpaired) electrons. The predicted molar refractivity (Wildman–Crippen MR) is 124 cm³/mol. The molecule has 0 spiro atoms. The van der Waals surface area contributed by atoms with Crippen LogP contribution >= 0.6 is 0 Å². The molecule has 8 heteroatoms. The molecule has 1 N–H and O–H groups in total. The number of unbranched alkanes of at least 4 members (excludes halogenated alkanes) is 2. The Balaban J connectivity index is 1.99. The molecule has 1 aliphatic heterocycles. The topological polar surface area (TPSA) is 82.1 Å². The second-order valence-corrected chi connectivity index (χ2v) is 9.20. The largest absolute Gasteiger partial charge is 0.469 e. The van der Waals surface area contributed by atoms with Gasteiger partial charge in [0.25, 0.3) is 5.92 Å². The van der Waals surface area contributed by atoms with Gasteiger partial charge in [-0.3, -0.25) is 9.59 Å². The Hall–Kier alpha value is -1.64. The average Bonchev–Trinajstić information content (AvgIpc) is 3.09. The average molecular weight is 487 g/mol. The molecule has 2 fully saturated rings. The van der Waals surface area contributed by atoms with E-state index in [2.05, 4.69) is 4.74 Å². The van der Waals surface area contributed by atoms with Gasteiger partial charge in [0.1, 0.15) is 11.9 Å². The highest BCUT2D eigenvalue weighted by atomic mass is 19.3. The van der Waals surface area contributed by atoms with Crippen LogP contribution in [0.15, 0.2) is 24.3 Å². The molecular weight excluding hydrogens is 446 g/mol. The quantitative estimate of drug-likeness (QED) is 0.208. The van der Waals surface area contributed by atoms with E-state index in [0.717, 1.165) is 25.3 Å². The van der Waals surface area contributed by atoms with Gasteiger partial charge in [-0.05, 0) is 51.0 Å². The lowest BCUT2D eigenvalue weighted by atomic mass is 9.89. The minimum Gasteiger partial charge on any atom is -0.469 e. The van der Waals surface area contributed by atoms with Crippen molar-refractivity contribution in [3.63, 3.8) is 0 Å². The fraction of sp³-hybridized carbons (Fsp3) is 0.769. The number of esters is 1. The number of carbonyl (C=O) groups excluding carboxylic acids is 2. The first kappa shape index (κ1) is 28.6. The van der Waals surface area contributed by atoms with Gasteiger partial charge in [0.05, 0.1) is 13.2 Å². The summed E-state index contributed by atoms with van der Waals surface area (Å²) in [5, 5.41) is 10.3. The first-order chi connectivity index (χ1) is 16.3. The highest BCUT2D eigenvalue weighted by Gasteiger charge is 2.43. The Morgan fingerprint density at radius 2 is 2.09 bits per heavy atom. The molecule has 0 aromatic carbocycles. The monoisotopic (exact) mass is 486 g/mol. The molecule has 2 aliphatic rings. The second-order valence-electron chi connectivity index (χ2n) is 9.20. The normalized spacial score (nSPS) is 27.0. The molecule has 2 unspecified atom stereocenters.